The van der Waals surface area contributed by atoms with Crippen LogP contribution in [0.5, 0.6) is 0 Å². The summed E-state index contributed by atoms with van der Waals surface area (Å²) in [5, 5.41) is 0. The highest BCUT2D eigenvalue weighted by atomic mass is 15.1. The molecule has 1 aromatic rings. The first kappa shape index (κ1) is 9.10. The number of imidazole rings is 1. The average molecular weight is 167 g/mol. The van der Waals surface area contributed by atoms with E-state index < -0.39 is 0 Å². The molecule has 0 aliphatic carbocycles. The van der Waals surface area contributed by atoms with E-state index in [1.165, 1.54) is 12.8 Å². The molecule has 0 aliphatic rings. The summed E-state index contributed by atoms with van der Waals surface area (Å²) in [5.74, 6) is 1.32. The van der Waals surface area contributed by atoms with Crippen LogP contribution in [0, 0.1) is 5.92 Å². The molecule has 0 saturated carbocycles. The number of nitrogen functional groups attached to an aromatic ring is 1. The molecule has 0 radical (unpaired) electrons. The van der Waals surface area contributed by atoms with Crippen LogP contribution in [0.25, 0.3) is 0 Å². The Hall–Kier alpha value is -0.990. The van der Waals surface area contributed by atoms with Crippen molar-refractivity contribution in [2.24, 2.45) is 5.92 Å². The van der Waals surface area contributed by atoms with E-state index >= 15 is 0 Å². The van der Waals surface area contributed by atoms with Crippen molar-refractivity contribution >= 4 is 5.82 Å². The van der Waals surface area contributed by atoms with E-state index in [9.17, 15) is 0 Å². The highest BCUT2D eigenvalue weighted by Gasteiger charge is 2.01. The fourth-order valence-electron chi connectivity index (χ4n) is 1.42. The predicted molar refractivity (Wildman–Crippen MR) is 50.7 cm³/mol. The molecule has 1 rings (SSSR count). The standard InChI is InChI=1S/C9H17N3/c1-3-4-8(2)5-12-6-9(10)11-7-12/h6-8H,3-5,10H2,1-2H3. The predicted octanol–water partition coefficient (Wildman–Crippen LogP) is 1.90. The molecule has 0 spiro atoms. The van der Waals surface area contributed by atoms with E-state index in [1.807, 2.05) is 6.20 Å². The molecule has 3 heteroatoms. The van der Waals surface area contributed by atoms with Crippen LogP contribution in [-0.2, 0) is 6.54 Å². The molecule has 1 heterocycles. The lowest BCUT2D eigenvalue weighted by Gasteiger charge is -2.09. The first-order valence-corrected chi connectivity index (χ1v) is 4.49. The fourth-order valence-corrected chi connectivity index (χ4v) is 1.42. The van der Waals surface area contributed by atoms with E-state index in [-0.39, 0.29) is 0 Å². The van der Waals surface area contributed by atoms with E-state index in [0.717, 1.165) is 6.54 Å². The third-order valence-corrected chi connectivity index (χ3v) is 1.96. The number of hydrogen-bond acceptors (Lipinski definition) is 2. The Morgan fingerprint density at radius 1 is 1.67 bits per heavy atom. The largest absolute Gasteiger partial charge is 0.382 e. The molecule has 1 aromatic heterocycles. The highest BCUT2D eigenvalue weighted by Crippen LogP contribution is 2.08. The lowest BCUT2D eigenvalue weighted by Crippen LogP contribution is -2.05. The van der Waals surface area contributed by atoms with Gasteiger partial charge in [-0.1, -0.05) is 20.3 Å². The first-order chi connectivity index (χ1) is 5.72. The van der Waals surface area contributed by atoms with Gasteiger partial charge in [0, 0.05) is 12.7 Å². The Labute approximate surface area is 73.6 Å². The maximum Gasteiger partial charge on any atom is 0.141 e. The van der Waals surface area contributed by atoms with Crippen LogP contribution in [0.15, 0.2) is 12.5 Å². The van der Waals surface area contributed by atoms with Crippen molar-refractivity contribution in [1.29, 1.82) is 0 Å². The Morgan fingerprint density at radius 3 is 2.92 bits per heavy atom. The van der Waals surface area contributed by atoms with Crippen LogP contribution in [0.3, 0.4) is 0 Å². The smallest absolute Gasteiger partial charge is 0.141 e. The molecular formula is C9H17N3. The van der Waals surface area contributed by atoms with E-state index in [1.54, 1.807) is 6.33 Å². The van der Waals surface area contributed by atoms with Crippen LogP contribution in [-0.4, -0.2) is 9.55 Å². The van der Waals surface area contributed by atoms with E-state index in [2.05, 4.69) is 23.4 Å². The quantitative estimate of drug-likeness (QED) is 0.744. The summed E-state index contributed by atoms with van der Waals surface area (Å²) in [6, 6.07) is 0. The number of nitrogens with two attached hydrogens (primary N) is 1. The van der Waals surface area contributed by atoms with Gasteiger partial charge in [0.15, 0.2) is 0 Å². The zero-order valence-corrected chi connectivity index (χ0v) is 7.83. The third-order valence-electron chi connectivity index (χ3n) is 1.96. The van der Waals surface area contributed by atoms with Gasteiger partial charge >= 0.3 is 0 Å². The molecule has 12 heavy (non-hydrogen) atoms. The lowest BCUT2D eigenvalue weighted by atomic mass is 10.1. The minimum atomic E-state index is 0.610. The molecular weight excluding hydrogens is 150 g/mol. The van der Waals surface area contributed by atoms with Gasteiger partial charge in [0.05, 0.1) is 6.33 Å². The van der Waals surface area contributed by atoms with Gasteiger partial charge in [-0.25, -0.2) is 4.98 Å². The molecule has 1 atom stereocenters. The van der Waals surface area contributed by atoms with Crippen molar-refractivity contribution in [3.8, 4) is 0 Å². The normalized spacial score (nSPS) is 13.2. The Morgan fingerprint density at radius 2 is 2.42 bits per heavy atom. The van der Waals surface area contributed by atoms with Crippen molar-refractivity contribution in [3.63, 3.8) is 0 Å². The van der Waals surface area contributed by atoms with Crippen LogP contribution in [0.2, 0.25) is 0 Å². The Balaban J connectivity index is 2.41. The monoisotopic (exact) mass is 167 g/mol. The number of aromatic nitrogens is 2. The van der Waals surface area contributed by atoms with Gasteiger partial charge in [-0.15, -0.1) is 0 Å². The molecule has 0 aromatic carbocycles. The first-order valence-electron chi connectivity index (χ1n) is 4.49. The molecule has 2 N–H and O–H groups in total. The number of nitrogens with zero attached hydrogens (tertiary/aromatic N) is 2. The summed E-state index contributed by atoms with van der Waals surface area (Å²) in [5.41, 5.74) is 5.50. The van der Waals surface area contributed by atoms with Crippen LogP contribution < -0.4 is 5.73 Å². The number of rotatable bonds is 4. The third kappa shape index (κ3) is 2.57. The Bertz CT molecular complexity index is 229. The summed E-state index contributed by atoms with van der Waals surface area (Å²) in [4.78, 5) is 3.97. The van der Waals surface area contributed by atoms with Crippen LogP contribution in [0.1, 0.15) is 26.7 Å². The Kier molecular flexibility index (Phi) is 3.14. The zero-order valence-electron chi connectivity index (χ0n) is 7.83. The van der Waals surface area contributed by atoms with E-state index in [0.29, 0.717) is 11.7 Å². The maximum absolute atomic E-state index is 5.50. The summed E-state index contributed by atoms with van der Waals surface area (Å²) >= 11 is 0. The summed E-state index contributed by atoms with van der Waals surface area (Å²) in [6.07, 6.45) is 6.18. The summed E-state index contributed by atoms with van der Waals surface area (Å²) < 4.78 is 2.05. The van der Waals surface area contributed by atoms with Crippen molar-refractivity contribution in [2.45, 2.75) is 33.2 Å². The molecule has 3 nitrogen and oxygen atoms in total. The van der Waals surface area contributed by atoms with Gasteiger partial charge in [-0.05, 0) is 12.3 Å². The van der Waals surface area contributed by atoms with Gasteiger partial charge in [0.1, 0.15) is 5.82 Å². The minimum absolute atomic E-state index is 0.610. The molecule has 0 aliphatic heterocycles. The van der Waals surface area contributed by atoms with Crippen molar-refractivity contribution in [2.75, 3.05) is 5.73 Å². The van der Waals surface area contributed by atoms with Gasteiger partial charge in [-0.2, -0.15) is 0 Å². The lowest BCUT2D eigenvalue weighted by molar-refractivity contribution is 0.445. The van der Waals surface area contributed by atoms with Crippen molar-refractivity contribution < 1.29 is 0 Å². The van der Waals surface area contributed by atoms with Crippen LogP contribution >= 0.6 is 0 Å². The van der Waals surface area contributed by atoms with Crippen LogP contribution in [0.4, 0.5) is 5.82 Å². The molecule has 0 bridgehead atoms. The van der Waals surface area contributed by atoms with Crippen molar-refractivity contribution in [1.82, 2.24) is 9.55 Å². The highest BCUT2D eigenvalue weighted by molar-refractivity contribution is 5.22. The van der Waals surface area contributed by atoms with Gasteiger partial charge in [0.2, 0.25) is 0 Å². The summed E-state index contributed by atoms with van der Waals surface area (Å²) in [7, 11) is 0. The average Bonchev–Trinajstić information content (AvgIpc) is 2.36. The topological polar surface area (TPSA) is 43.8 Å². The minimum Gasteiger partial charge on any atom is -0.382 e. The maximum atomic E-state index is 5.50. The van der Waals surface area contributed by atoms with Gasteiger partial charge < -0.3 is 10.3 Å². The van der Waals surface area contributed by atoms with Gasteiger partial charge in [0.25, 0.3) is 0 Å². The second-order valence-electron chi connectivity index (χ2n) is 3.39. The molecule has 68 valence electrons. The molecule has 0 amide bonds. The molecule has 1 unspecified atom stereocenters. The SMILES string of the molecule is CCCC(C)Cn1cnc(N)c1. The van der Waals surface area contributed by atoms with Gasteiger partial charge in [-0.3, -0.25) is 0 Å². The number of anilines is 1. The fraction of sp³-hybridized carbons (Fsp3) is 0.667. The zero-order chi connectivity index (χ0) is 8.97. The van der Waals surface area contributed by atoms with E-state index in [4.69, 9.17) is 5.73 Å². The second kappa shape index (κ2) is 4.14. The second-order valence-corrected chi connectivity index (χ2v) is 3.39. The van der Waals surface area contributed by atoms with Crippen molar-refractivity contribution in [3.05, 3.63) is 12.5 Å². The molecule has 0 fully saturated rings. The molecule has 0 saturated heterocycles. The summed E-state index contributed by atoms with van der Waals surface area (Å²) in [6.45, 7) is 5.48. The number of hydrogen-bond donors (Lipinski definition) is 1.